The smallest absolute Gasteiger partial charge is 0.272 e. The molecule has 3 rings (SSSR count). The first-order valence-corrected chi connectivity index (χ1v) is 7.80. The van der Waals surface area contributed by atoms with E-state index >= 15 is 0 Å². The van der Waals surface area contributed by atoms with Crippen LogP contribution in [0.25, 0.3) is 0 Å². The molecule has 0 aliphatic carbocycles. The monoisotopic (exact) mass is 306 g/mol. The molecule has 0 N–H and O–H groups in total. The number of ether oxygens (including phenoxy) is 1. The summed E-state index contributed by atoms with van der Waals surface area (Å²) in [4.78, 5) is 14.7. The van der Waals surface area contributed by atoms with Crippen molar-refractivity contribution in [3.05, 3.63) is 60.2 Å². The van der Waals surface area contributed by atoms with E-state index in [1.54, 1.807) is 4.90 Å². The molecule has 1 aliphatic heterocycles. The highest BCUT2D eigenvalue weighted by Gasteiger charge is 2.34. The molecule has 1 unspecified atom stereocenters. The number of carbonyl (C=O) groups excluding carboxylic acids is 1. The predicted molar refractivity (Wildman–Crippen MR) is 88.1 cm³/mol. The first kappa shape index (κ1) is 15.1. The summed E-state index contributed by atoms with van der Waals surface area (Å²) in [6, 6.07) is 19.3. The molecule has 1 aliphatic rings. The van der Waals surface area contributed by atoms with Gasteiger partial charge in [0.25, 0.3) is 5.91 Å². The van der Waals surface area contributed by atoms with Gasteiger partial charge in [-0.2, -0.15) is 5.26 Å². The summed E-state index contributed by atoms with van der Waals surface area (Å²) in [6.07, 6.45) is 1.50. The molecule has 0 radical (unpaired) electrons. The Morgan fingerprint density at radius 3 is 2.57 bits per heavy atom. The Kier molecular flexibility index (Phi) is 4.58. The number of para-hydroxylation sites is 2. The fraction of sp³-hybridized carbons (Fsp3) is 0.263. The fourth-order valence-corrected chi connectivity index (χ4v) is 2.76. The van der Waals surface area contributed by atoms with Crippen LogP contribution in [0.15, 0.2) is 54.6 Å². The number of hydrogen-bond acceptors (Lipinski definition) is 3. The van der Waals surface area contributed by atoms with Crippen LogP contribution in [-0.4, -0.2) is 12.5 Å². The molecule has 4 nitrogen and oxygen atoms in total. The molecule has 1 atom stereocenters. The van der Waals surface area contributed by atoms with Crippen molar-refractivity contribution in [3.63, 3.8) is 0 Å². The van der Waals surface area contributed by atoms with Crippen LogP contribution < -0.4 is 9.64 Å². The van der Waals surface area contributed by atoms with E-state index in [0.717, 1.165) is 29.8 Å². The van der Waals surface area contributed by atoms with Gasteiger partial charge in [-0.3, -0.25) is 4.79 Å². The second-order valence-corrected chi connectivity index (χ2v) is 5.48. The number of amides is 1. The Hall–Kier alpha value is -2.80. The van der Waals surface area contributed by atoms with Crippen LogP contribution in [0.1, 0.15) is 30.9 Å². The van der Waals surface area contributed by atoms with Gasteiger partial charge >= 0.3 is 0 Å². The van der Waals surface area contributed by atoms with E-state index in [4.69, 9.17) is 10.00 Å². The maximum absolute atomic E-state index is 12.9. The van der Waals surface area contributed by atoms with Crippen molar-refractivity contribution in [2.24, 2.45) is 0 Å². The lowest BCUT2D eigenvalue weighted by Gasteiger charge is -2.34. The largest absolute Gasteiger partial charge is 0.474 e. The maximum atomic E-state index is 12.9. The number of carbonyl (C=O) groups is 1. The molecule has 2 aromatic carbocycles. The Morgan fingerprint density at radius 2 is 1.78 bits per heavy atom. The Balaban J connectivity index is 1.87. The third-order valence-corrected chi connectivity index (χ3v) is 3.91. The minimum Gasteiger partial charge on any atom is -0.474 e. The first-order valence-electron chi connectivity index (χ1n) is 7.80. The van der Waals surface area contributed by atoms with Gasteiger partial charge in [-0.15, -0.1) is 0 Å². The number of anilines is 1. The van der Waals surface area contributed by atoms with Gasteiger partial charge in [-0.1, -0.05) is 42.5 Å². The van der Waals surface area contributed by atoms with Crippen LogP contribution in [0.5, 0.6) is 5.75 Å². The van der Waals surface area contributed by atoms with E-state index < -0.39 is 6.10 Å². The molecule has 23 heavy (non-hydrogen) atoms. The zero-order valence-corrected chi connectivity index (χ0v) is 12.8. The van der Waals surface area contributed by atoms with Crippen molar-refractivity contribution in [1.82, 2.24) is 0 Å². The van der Waals surface area contributed by atoms with Gasteiger partial charge in [0.15, 0.2) is 0 Å². The summed E-state index contributed by atoms with van der Waals surface area (Å²) >= 11 is 0. The van der Waals surface area contributed by atoms with Crippen molar-refractivity contribution in [3.8, 4) is 11.8 Å². The van der Waals surface area contributed by atoms with Crippen molar-refractivity contribution in [2.45, 2.75) is 25.4 Å². The van der Waals surface area contributed by atoms with Crippen LogP contribution in [0.2, 0.25) is 0 Å². The molecule has 0 saturated carbocycles. The second kappa shape index (κ2) is 6.97. The molecule has 1 heterocycles. The van der Waals surface area contributed by atoms with Crippen molar-refractivity contribution < 1.29 is 9.53 Å². The average Bonchev–Trinajstić information content (AvgIpc) is 2.60. The molecule has 0 spiro atoms. The average molecular weight is 306 g/mol. The highest BCUT2D eigenvalue weighted by Crippen LogP contribution is 2.38. The number of fused-ring (bicyclic) bond motifs is 1. The Morgan fingerprint density at radius 1 is 1.04 bits per heavy atom. The molecule has 0 bridgehead atoms. The summed E-state index contributed by atoms with van der Waals surface area (Å²) in [6.45, 7) is 0.601. The highest BCUT2D eigenvalue weighted by molar-refractivity contribution is 6.00. The minimum atomic E-state index is -0.609. The number of nitrogens with zero attached hydrogens (tertiary/aromatic N) is 2. The molecule has 1 amide bonds. The zero-order valence-electron chi connectivity index (χ0n) is 12.8. The van der Waals surface area contributed by atoms with E-state index in [9.17, 15) is 4.79 Å². The summed E-state index contributed by atoms with van der Waals surface area (Å²) in [5, 5.41) is 8.65. The molecular formula is C19H18N2O2. The van der Waals surface area contributed by atoms with Gasteiger partial charge in [-0.25, -0.2) is 0 Å². The lowest BCUT2D eigenvalue weighted by Crippen LogP contribution is -2.41. The van der Waals surface area contributed by atoms with E-state index in [1.165, 1.54) is 0 Å². The summed E-state index contributed by atoms with van der Waals surface area (Å²) in [7, 11) is 0. The molecule has 0 aromatic heterocycles. The quantitative estimate of drug-likeness (QED) is 0.788. The van der Waals surface area contributed by atoms with Crippen LogP contribution in [0.3, 0.4) is 0 Å². The number of unbranched alkanes of at least 4 members (excludes halogenated alkanes) is 2. The molecule has 116 valence electrons. The third kappa shape index (κ3) is 3.19. The van der Waals surface area contributed by atoms with Crippen LogP contribution >= 0.6 is 0 Å². The Bertz CT molecular complexity index is 722. The zero-order chi connectivity index (χ0) is 16.1. The summed E-state index contributed by atoms with van der Waals surface area (Å²) in [5.41, 5.74) is 1.66. The lowest BCUT2D eigenvalue weighted by atomic mass is 10.0. The van der Waals surface area contributed by atoms with E-state index in [0.29, 0.717) is 13.0 Å². The Labute approximate surface area is 135 Å². The number of rotatable bonds is 5. The van der Waals surface area contributed by atoms with Crippen molar-refractivity contribution in [2.75, 3.05) is 11.4 Å². The van der Waals surface area contributed by atoms with Crippen molar-refractivity contribution in [1.29, 1.82) is 5.26 Å². The molecule has 0 saturated heterocycles. The predicted octanol–water partition coefficient (Wildman–Crippen LogP) is 3.85. The second-order valence-electron chi connectivity index (χ2n) is 5.48. The number of nitriles is 1. The topological polar surface area (TPSA) is 53.3 Å². The first-order chi connectivity index (χ1) is 11.3. The minimum absolute atomic E-state index is 0.0492. The van der Waals surface area contributed by atoms with Crippen molar-refractivity contribution >= 4 is 11.6 Å². The maximum Gasteiger partial charge on any atom is 0.272 e. The normalized spacial score (nSPS) is 16.4. The molecule has 4 heteroatoms. The lowest BCUT2D eigenvalue weighted by molar-refractivity contribution is -0.126. The SMILES string of the molecule is N#CCCCCN1C(=O)C(c2ccccc2)Oc2ccccc21. The van der Waals surface area contributed by atoms with Gasteiger partial charge in [0, 0.05) is 18.5 Å². The third-order valence-electron chi connectivity index (χ3n) is 3.91. The van der Waals surface area contributed by atoms with E-state index in [1.807, 2.05) is 54.6 Å². The number of benzene rings is 2. The van der Waals surface area contributed by atoms with Gasteiger partial charge in [0.2, 0.25) is 6.10 Å². The van der Waals surface area contributed by atoms with Crippen LogP contribution in [0, 0.1) is 11.3 Å². The summed E-state index contributed by atoms with van der Waals surface area (Å²) < 4.78 is 5.94. The standard InChI is InChI=1S/C19H18N2O2/c20-13-7-2-8-14-21-16-11-5-6-12-17(16)23-18(19(21)22)15-9-3-1-4-10-15/h1,3-6,9-12,18H,2,7-8,14H2. The van der Waals surface area contributed by atoms with Gasteiger partial charge in [0.05, 0.1) is 11.8 Å². The summed E-state index contributed by atoms with van der Waals surface area (Å²) in [5.74, 6) is 0.674. The molecule has 0 fully saturated rings. The van der Waals surface area contributed by atoms with Gasteiger partial charge in [0.1, 0.15) is 5.75 Å². The van der Waals surface area contributed by atoms with E-state index in [-0.39, 0.29) is 5.91 Å². The van der Waals surface area contributed by atoms with Gasteiger partial charge in [-0.05, 0) is 25.0 Å². The molecule has 2 aromatic rings. The molecular weight excluding hydrogens is 288 g/mol. The highest BCUT2D eigenvalue weighted by atomic mass is 16.5. The van der Waals surface area contributed by atoms with Crippen LogP contribution in [-0.2, 0) is 4.79 Å². The number of hydrogen-bond donors (Lipinski definition) is 0. The van der Waals surface area contributed by atoms with Gasteiger partial charge < -0.3 is 9.64 Å². The van der Waals surface area contributed by atoms with Crippen LogP contribution in [0.4, 0.5) is 5.69 Å². The van der Waals surface area contributed by atoms with E-state index in [2.05, 4.69) is 6.07 Å². The fourth-order valence-electron chi connectivity index (χ4n) is 2.76.